The molecule has 0 aliphatic carbocycles. The zero-order chi connectivity index (χ0) is 25.2. The predicted molar refractivity (Wildman–Crippen MR) is 124 cm³/mol. The molecular formula is C24H25FN6O4. The van der Waals surface area contributed by atoms with Gasteiger partial charge in [-0.05, 0) is 64.4 Å². The number of nitrogens with one attached hydrogen (secondary N) is 1. The largest absolute Gasteiger partial charge is 0.444 e. The lowest BCUT2D eigenvalue weighted by Gasteiger charge is -2.20. The van der Waals surface area contributed by atoms with E-state index in [1.54, 1.807) is 39.1 Å². The minimum Gasteiger partial charge on any atom is -0.444 e. The van der Waals surface area contributed by atoms with Gasteiger partial charge in [0, 0.05) is 17.3 Å². The highest BCUT2D eigenvalue weighted by molar-refractivity contribution is 5.83. The molecule has 3 heterocycles. The minimum absolute atomic E-state index is 0.0639. The van der Waals surface area contributed by atoms with Gasteiger partial charge in [0.1, 0.15) is 11.4 Å². The van der Waals surface area contributed by atoms with Crippen LogP contribution < -0.4 is 5.32 Å². The molecule has 182 valence electrons. The van der Waals surface area contributed by atoms with Crippen molar-refractivity contribution in [2.24, 2.45) is 0 Å². The highest BCUT2D eigenvalue weighted by Crippen LogP contribution is 2.33. The summed E-state index contributed by atoms with van der Waals surface area (Å²) in [6.07, 6.45) is 0.952. The van der Waals surface area contributed by atoms with Gasteiger partial charge in [0.15, 0.2) is 6.67 Å². The first kappa shape index (κ1) is 24.0. The maximum atomic E-state index is 12.7. The van der Waals surface area contributed by atoms with Gasteiger partial charge in [0.2, 0.25) is 23.5 Å². The van der Waals surface area contributed by atoms with Gasteiger partial charge in [-0.1, -0.05) is 17.3 Å². The zero-order valence-corrected chi connectivity index (χ0v) is 20.0. The van der Waals surface area contributed by atoms with Crippen LogP contribution in [-0.2, 0) is 16.8 Å². The Morgan fingerprint density at radius 1 is 1.03 bits per heavy atom. The van der Waals surface area contributed by atoms with E-state index in [0.717, 1.165) is 5.56 Å². The topological polar surface area (TPSA) is 129 Å². The van der Waals surface area contributed by atoms with Gasteiger partial charge < -0.3 is 13.7 Å². The first-order valence-electron chi connectivity index (χ1n) is 10.8. The number of alkyl halides is 1. The first-order chi connectivity index (χ1) is 16.5. The van der Waals surface area contributed by atoms with Crippen LogP contribution in [0.15, 0.2) is 51.5 Å². The highest BCUT2D eigenvalue weighted by Gasteiger charge is 2.30. The van der Waals surface area contributed by atoms with E-state index in [0.29, 0.717) is 28.7 Å². The van der Waals surface area contributed by atoms with E-state index >= 15 is 0 Å². The summed E-state index contributed by atoms with van der Waals surface area (Å²) in [5.41, 5.74) is 1.00. The molecule has 3 aromatic heterocycles. The number of carbonyl (C=O) groups excluding carboxylic acids is 1. The van der Waals surface area contributed by atoms with Gasteiger partial charge in [-0.3, -0.25) is 5.32 Å². The van der Waals surface area contributed by atoms with Gasteiger partial charge >= 0.3 is 6.09 Å². The number of hydrogen-bond acceptors (Lipinski definition) is 9. The molecule has 0 saturated heterocycles. The first-order valence-corrected chi connectivity index (χ1v) is 10.8. The van der Waals surface area contributed by atoms with Gasteiger partial charge in [-0.25, -0.2) is 14.2 Å². The van der Waals surface area contributed by atoms with Gasteiger partial charge in [-0.15, -0.1) is 10.2 Å². The zero-order valence-electron chi connectivity index (χ0n) is 20.0. The van der Waals surface area contributed by atoms with Gasteiger partial charge in [0.25, 0.3) is 0 Å². The Bertz CT molecular complexity index is 1310. The van der Waals surface area contributed by atoms with Gasteiger partial charge in [0.05, 0.1) is 5.41 Å². The molecule has 0 bridgehead atoms. The Labute approximate surface area is 200 Å². The second-order valence-corrected chi connectivity index (χ2v) is 9.32. The van der Waals surface area contributed by atoms with Crippen LogP contribution in [0.1, 0.15) is 52.0 Å². The Kier molecular flexibility index (Phi) is 6.33. The molecule has 0 aliphatic heterocycles. The number of anilines is 1. The van der Waals surface area contributed by atoms with E-state index < -0.39 is 23.8 Å². The van der Waals surface area contributed by atoms with Crippen molar-refractivity contribution < 1.29 is 22.9 Å². The number of pyridine rings is 1. The van der Waals surface area contributed by atoms with Crippen LogP contribution >= 0.6 is 0 Å². The predicted octanol–water partition coefficient (Wildman–Crippen LogP) is 5.32. The summed E-state index contributed by atoms with van der Waals surface area (Å²) in [6.45, 7) is 8.45. The minimum atomic E-state index is -0.809. The smallest absolute Gasteiger partial charge is 0.413 e. The average molecular weight is 481 g/mol. The summed E-state index contributed by atoms with van der Waals surface area (Å²) >= 11 is 0. The summed E-state index contributed by atoms with van der Waals surface area (Å²) in [5, 5.41) is 14.2. The Hall–Kier alpha value is -4.15. The summed E-state index contributed by atoms with van der Waals surface area (Å²) in [7, 11) is 0. The average Bonchev–Trinajstić information content (AvgIpc) is 3.49. The van der Waals surface area contributed by atoms with Crippen LogP contribution in [0.3, 0.4) is 0 Å². The molecule has 0 spiro atoms. The molecule has 1 N–H and O–H groups in total. The lowest BCUT2D eigenvalue weighted by Crippen LogP contribution is -2.27. The molecule has 35 heavy (non-hydrogen) atoms. The van der Waals surface area contributed by atoms with Crippen molar-refractivity contribution in [3.63, 3.8) is 0 Å². The molecule has 1 aromatic carbocycles. The van der Waals surface area contributed by atoms with Crippen molar-refractivity contribution in [1.29, 1.82) is 0 Å². The van der Waals surface area contributed by atoms with Crippen molar-refractivity contribution >= 4 is 11.9 Å². The highest BCUT2D eigenvalue weighted by atomic mass is 19.1. The Morgan fingerprint density at radius 3 is 2.34 bits per heavy atom. The number of benzene rings is 1. The molecular weight excluding hydrogens is 455 g/mol. The van der Waals surface area contributed by atoms with Crippen molar-refractivity contribution in [2.75, 3.05) is 5.32 Å². The number of carbonyl (C=O) groups is 1. The number of amides is 1. The molecule has 0 fully saturated rings. The molecule has 10 nitrogen and oxygen atoms in total. The van der Waals surface area contributed by atoms with Crippen LogP contribution in [0.25, 0.3) is 22.8 Å². The normalized spacial score (nSPS) is 11.9. The fourth-order valence-corrected chi connectivity index (χ4v) is 3.18. The molecule has 11 heteroatoms. The van der Waals surface area contributed by atoms with E-state index in [-0.39, 0.29) is 11.8 Å². The molecule has 0 saturated carbocycles. The third kappa shape index (κ3) is 5.51. The second-order valence-electron chi connectivity index (χ2n) is 9.32. The van der Waals surface area contributed by atoms with Crippen molar-refractivity contribution in [2.45, 2.75) is 52.3 Å². The van der Waals surface area contributed by atoms with E-state index in [1.807, 2.05) is 38.1 Å². The fourth-order valence-electron chi connectivity index (χ4n) is 3.18. The maximum absolute atomic E-state index is 12.7. The molecule has 0 radical (unpaired) electrons. The van der Waals surface area contributed by atoms with Crippen LogP contribution in [0.5, 0.6) is 0 Å². The van der Waals surface area contributed by atoms with Crippen LogP contribution in [0.2, 0.25) is 0 Å². The standard InChI is InChI=1S/C24H25FN6O4/c1-23(2,3)34-22(32)27-17-11-8-15(13-26-17)19-28-21(35-31-19)24(4,5)16-9-6-14(7-10-16)20-30-29-18(12-25)33-20/h6-11,13H,12H2,1-5H3,(H,26,27,32). The van der Waals surface area contributed by atoms with Crippen LogP contribution in [0, 0.1) is 0 Å². The number of hydrogen-bond donors (Lipinski definition) is 1. The summed E-state index contributed by atoms with van der Waals surface area (Å²) in [4.78, 5) is 20.7. The molecule has 4 rings (SSSR count). The number of ether oxygens (including phenoxy) is 1. The summed E-state index contributed by atoms with van der Waals surface area (Å²) < 4.78 is 28.7. The third-order valence-electron chi connectivity index (χ3n) is 5.05. The van der Waals surface area contributed by atoms with E-state index in [4.69, 9.17) is 13.7 Å². The SMILES string of the molecule is CC(C)(C)OC(=O)Nc1ccc(-c2noc(C(C)(C)c3ccc(-c4nnc(CF)o4)cc3)n2)cn1. The molecule has 0 atom stereocenters. The quantitative estimate of drug-likeness (QED) is 0.389. The van der Waals surface area contributed by atoms with E-state index in [1.165, 1.54) is 0 Å². The van der Waals surface area contributed by atoms with Gasteiger partial charge in [-0.2, -0.15) is 4.98 Å². The number of rotatable bonds is 6. The molecule has 4 aromatic rings. The third-order valence-corrected chi connectivity index (χ3v) is 5.05. The number of aromatic nitrogens is 5. The molecule has 0 aliphatic rings. The Balaban J connectivity index is 1.47. The fraction of sp³-hybridized carbons (Fsp3) is 0.333. The molecule has 1 amide bonds. The molecule has 0 unspecified atom stereocenters. The van der Waals surface area contributed by atoms with Crippen LogP contribution in [0.4, 0.5) is 15.0 Å². The van der Waals surface area contributed by atoms with E-state index in [2.05, 4.69) is 30.6 Å². The summed E-state index contributed by atoms with van der Waals surface area (Å²) in [5.74, 6) is 1.30. The Morgan fingerprint density at radius 2 is 1.74 bits per heavy atom. The van der Waals surface area contributed by atoms with Crippen molar-refractivity contribution in [1.82, 2.24) is 25.3 Å². The lowest BCUT2D eigenvalue weighted by molar-refractivity contribution is 0.0635. The van der Waals surface area contributed by atoms with Crippen molar-refractivity contribution in [3.8, 4) is 22.8 Å². The monoisotopic (exact) mass is 480 g/mol. The summed E-state index contributed by atoms with van der Waals surface area (Å²) in [6, 6.07) is 10.8. The van der Waals surface area contributed by atoms with Crippen molar-refractivity contribution in [3.05, 3.63) is 59.9 Å². The van der Waals surface area contributed by atoms with Crippen LogP contribution in [-0.4, -0.2) is 37.0 Å². The number of halogens is 1. The number of nitrogens with zero attached hydrogens (tertiary/aromatic N) is 5. The maximum Gasteiger partial charge on any atom is 0.413 e. The lowest BCUT2D eigenvalue weighted by atomic mass is 9.84. The second kappa shape index (κ2) is 9.24. The van der Waals surface area contributed by atoms with E-state index in [9.17, 15) is 9.18 Å².